The minimum atomic E-state index is -0.773. The zero-order valence-corrected chi connectivity index (χ0v) is 17.5. The van der Waals surface area contributed by atoms with Gasteiger partial charge in [-0.15, -0.1) is 11.8 Å². The van der Waals surface area contributed by atoms with Gasteiger partial charge in [0.1, 0.15) is 10.5 Å². The lowest BCUT2D eigenvalue weighted by molar-refractivity contribution is -0.138. The first kappa shape index (κ1) is 21.8. The molecule has 0 bridgehead atoms. The fourth-order valence-electron chi connectivity index (χ4n) is 2.34. The Hall–Kier alpha value is -1.50. The second-order valence-corrected chi connectivity index (χ2v) is 8.92. The van der Waals surface area contributed by atoms with E-state index in [0.29, 0.717) is 30.5 Å². The molecule has 1 aromatic carbocycles. The second kappa shape index (κ2) is 10.2. The van der Waals surface area contributed by atoms with Crippen molar-refractivity contribution in [1.82, 2.24) is 4.98 Å². The summed E-state index contributed by atoms with van der Waals surface area (Å²) in [5, 5.41) is 9.75. The number of ether oxygens (including phenoxy) is 1. The number of halogens is 1. The van der Waals surface area contributed by atoms with Crippen LogP contribution in [0.25, 0.3) is 11.5 Å². The Morgan fingerprint density at radius 1 is 1.26 bits per heavy atom. The van der Waals surface area contributed by atoms with Crippen LogP contribution in [0.4, 0.5) is 0 Å². The van der Waals surface area contributed by atoms with E-state index in [1.807, 2.05) is 31.2 Å². The van der Waals surface area contributed by atoms with Gasteiger partial charge in [0.25, 0.3) is 0 Å². The number of carboxylic acids is 1. The van der Waals surface area contributed by atoms with Crippen LogP contribution in [-0.4, -0.2) is 39.8 Å². The van der Waals surface area contributed by atoms with Crippen LogP contribution in [-0.2, 0) is 16.0 Å². The molecule has 0 amide bonds. The predicted octanol–water partition coefficient (Wildman–Crippen LogP) is 5.24. The van der Waals surface area contributed by atoms with Crippen LogP contribution in [0, 0.1) is 6.92 Å². The fraction of sp³-hybridized carbons (Fsp3) is 0.500. The van der Waals surface area contributed by atoms with Gasteiger partial charge in [0.15, 0.2) is 0 Å². The Kier molecular flexibility index (Phi) is 8.20. The molecule has 2 rings (SSSR count). The quantitative estimate of drug-likeness (QED) is 0.510. The molecule has 0 aliphatic rings. The molecule has 0 unspecified atom stereocenters. The van der Waals surface area contributed by atoms with E-state index >= 15 is 0 Å². The summed E-state index contributed by atoms with van der Waals surface area (Å²) in [4.78, 5) is 15.6. The van der Waals surface area contributed by atoms with Crippen molar-refractivity contribution in [3.63, 3.8) is 0 Å². The summed E-state index contributed by atoms with van der Waals surface area (Å²) in [6.07, 6.45) is 2.55. The van der Waals surface area contributed by atoms with E-state index in [2.05, 4.69) is 4.98 Å². The number of carbonyl (C=O) groups is 1. The molecule has 0 aliphatic heterocycles. The van der Waals surface area contributed by atoms with E-state index in [0.717, 1.165) is 35.6 Å². The summed E-state index contributed by atoms with van der Waals surface area (Å²) in [5.74, 6) is 1.44. The van der Waals surface area contributed by atoms with Gasteiger partial charge in [-0.25, -0.2) is 4.98 Å². The molecule has 1 N–H and O–H groups in total. The van der Waals surface area contributed by atoms with Crippen molar-refractivity contribution in [1.29, 1.82) is 0 Å². The fourth-order valence-corrected chi connectivity index (χ4v) is 3.45. The van der Waals surface area contributed by atoms with Crippen molar-refractivity contribution >= 4 is 29.3 Å². The molecule has 2 aromatic rings. The lowest BCUT2D eigenvalue weighted by atomic mass is 10.2. The van der Waals surface area contributed by atoms with Crippen LogP contribution >= 0.6 is 23.4 Å². The van der Waals surface area contributed by atoms with E-state index in [9.17, 15) is 4.79 Å². The molecule has 0 fully saturated rings. The van der Waals surface area contributed by atoms with Crippen LogP contribution in [0.2, 0.25) is 5.02 Å². The summed E-state index contributed by atoms with van der Waals surface area (Å²) in [6, 6.07) is 7.40. The van der Waals surface area contributed by atoms with Gasteiger partial charge in [-0.1, -0.05) is 11.6 Å². The molecular formula is C20H26ClNO4S. The number of aromatic nitrogens is 1. The van der Waals surface area contributed by atoms with Gasteiger partial charge in [0, 0.05) is 23.6 Å². The highest BCUT2D eigenvalue weighted by Gasteiger charge is 2.26. The Balaban J connectivity index is 1.66. The molecule has 5 nitrogen and oxygen atoms in total. The molecule has 148 valence electrons. The van der Waals surface area contributed by atoms with Gasteiger partial charge >= 0.3 is 5.97 Å². The number of hydrogen-bond donors (Lipinski definition) is 1. The van der Waals surface area contributed by atoms with E-state index < -0.39 is 10.7 Å². The minimum Gasteiger partial charge on any atom is -0.480 e. The SMILES string of the molecule is Cc1oc(-c2ccc(Cl)cc2)nc1CCOCCCCSC(C)(C)C(=O)O. The molecular weight excluding hydrogens is 386 g/mol. The van der Waals surface area contributed by atoms with Crippen molar-refractivity contribution in [2.75, 3.05) is 19.0 Å². The van der Waals surface area contributed by atoms with Gasteiger partial charge in [0.2, 0.25) is 5.89 Å². The number of rotatable bonds is 11. The van der Waals surface area contributed by atoms with Gasteiger partial charge < -0.3 is 14.3 Å². The van der Waals surface area contributed by atoms with Crippen molar-refractivity contribution in [3.8, 4) is 11.5 Å². The molecule has 0 radical (unpaired) electrons. The van der Waals surface area contributed by atoms with Crippen molar-refractivity contribution in [3.05, 3.63) is 40.7 Å². The van der Waals surface area contributed by atoms with Crippen LogP contribution in [0.3, 0.4) is 0 Å². The molecule has 7 heteroatoms. The molecule has 0 atom stereocenters. The molecule has 27 heavy (non-hydrogen) atoms. The standard InChI is InChI=1S/C20H26ClNO4S/c1-14-17(22-18(26-14)15-6-8-16(21)9-7-15)10-12-25-11-4-5-13-27-20(2,3)19(23)24/h6-9H,4-5,10-13H2,1-3H3,(H,23,24). The summed E-state index contributed by atoms with van der Waals surface area (Å²) in [5.41, 5.74) is 1.80. The van der Waals surface area contributed by atoms with Crippen molar-refractivity contribution < 1.29 is 19.1 Å². The molecule has 1 heterocycles. The lowest BCUT2D eigenvalue weighted by Gasteiger charge is -2.17. The van der Waals surface area contributed by atoms with Crippen molar-refractivity contribution in [2.45, 2.75) is 44.8 Å². The number of aryl methyl sites for hydroxylation is 1. The summed E-state index contributed by atoms with van der Waals surface area (Å²) < 4.78 is 10.7. The van der Waals surface area contributed by atoms with Crippen LogP contribution < -0.4 is 0 Å². The Bertz CT molecular complexity index is 743. The molecule has 0 saturated heterocycles. The van der Waals surface area contributed by atoms with Gasteiger partial charge in [-0.3, -0.25) is 4.79 Å². The maximum absolute atomic E-state index is 11.0. The molecule has 1 aromatic heterocycles. The monoisotopic (exact) mass is 411 g/mol. The first-order chi connectivity index (χ1) is 12.8. The van der Waals surface area contributed by atoms with E-state index in [1.54, 1.807) is 13.8 Å². The largest absolute Gasteiger partial charge is 0.480 e. The predicted molar refractivity (Wildman–Crippen MR) is 110 cm³/mol. The number of benzene rings is 1. The van der Waals surface area contributed by atoms with E-state index in [1.165, 1.54) is 11.8 Å². The number of nitrogens with zero attached hydrogens (tertiary/aromatic N) is 1. The number of aliphatic carboxylic acids is 1. The highest BCUT2D eigenvalue weighted by atomic mass is 35.5. The second-order valence-electron chi connectivity index (χ2n) is 6.76. The Morgan fingerprint density at radius 3 is 2.63 bits per heavy atom. The topological polar surface area (TPSA) is 72.6 Å². The first-order valence-corrected chi connectivity index (χ1v) is 10.3. The Labute approximate surface area is 169 Å². The number of unbranched alkanes of at least 4 members (excludes halogenated alkanes) is 1. The molecule has 0 spiro atoms. The third-order valence-electron chi connectivity index (χ3n) is 4.13. The van der Waals surface area contributed by atoms with Gasteiger partial charge in [0.05, 0.1) is 12.3 Å². The van der Waals surface area contributed by atoms with Gasteiger partial charge in [-0.05, 0) is 63.6 Å². The zero-order valence-electron chi connectivity index (χ0n) is 16.0. The summed E-state index contributed by atoms with van der Waals surface area (Å²) in [6.45, 7) is 6.61. The molecule has 0 saturated carbocycles. The Morgan fingerprint density at radius 2 is 1.96 bits per heavy atom. The zero-order chi connectivity index (χ0) is 19.9. The number of thioether (sulfide) groups is 1. The number of oxazole rings is 1. The molecule has 0 aliphatic carbocycles. The highest BCUT2D eigenvalue weighted by molar-refractivity contribution is 8.01. The van der Waals surface area contributed by atoms with Crippen LogP contribution in [0.5, 0.6) is 0 Å². The average Bonchev–Trinajstić information content (AvgIpc) is 2.98. The normalized spacial score (nSPS) is 11.7. The van der Waals surface area contributed by atoms with Crippen molar-refractivity contribution in [2.24, 2.45) is 0 Å². The maximum atomic E-state index is 11.0. The summed E-state index contributed by atoms with van der Waals surface area (Å²) >= 11 is 7.37. The number of carboxylic acid groups (broad SMARTS) is 1. The van der Waals surface area contributed by atoms with Crippen LogP contribution in [0.15, 0.2) is 28.7 Å². The lowest BCUT2D eigenvalue weighted by Crippen LogP contribution is -2.27. The highest BCUT2D eigenvalue weighted by Crippen LogP contribution is 2.26. The average molecular weight is 412 g/mol. The summed E-state index contributed by atoms with van der Waals surface area (Å²) in [7, 11) is 0. The van der Waals surface area contributed by atoms with Crippen LogP contribution in [0.1, 0.15) is 38.1 Å². The van der Waals surface area contributed by atoms with Gasteiger partial charge in [-0.2, -0.15) is 0 Å². The minimum absolute atomic E-state index is 0.585. The number of hydrogen-bond acceptors (Lipinski definition) is 5. The third-order valence-corrected chi connectivity index (χ3v) is 5.77. The maximum Gasteiger partial charge on any atom is 0.319 e. The third kappa shape index (κ3) is 6.87. The van der Waals surface area contributed by atoms with E-state index in [4.69, 9.17) is 25.9 Å². The van der Waals surface area contributed by atoms with E-state index in [-0.39, 0.29) is 0 Å². The first-order valence-electron chi connectivity index (χ1n) is 8.97. The smallest absolute Gasteiger partial charge is 0.319 e.